The van der Waals surface area contributed by atoms with Crippen LogP contribution in [0.3, 0.4) is 0 Å². The fourth-order valence-electron chi connectivity index (χ4n) is 1.83. The van der Waals surface area contributed by atoms with Crippen molar-refractivity contribution in [1.29, 1.82) is 0 Å². The number of aryl methyl sites for hydroxylation is 1. The van der Waals surface area contributed by atoms with Crippen molar-refractivity contribution in [2.24, 2.45) is 0 Å². The van der Waals surface area contributed by atoms with Crippen molar-refractivity contribution in [3.8, 4) is 0 Å². The van der Waals surface area contributed by atoms with E-state index in [-0.39, 0.29) is 0 Å². The summed E-state index contributed by atoms with van der Waals surface area (Å²) in [5.74, 6) is 1.79. The molecule has 1 rings (SSSR count). The van der Waals surface area contributed by atoms with Crippen LogP contribution in [0, 0.1) is 6.92 Å². The van der Waals surface area contributed by atoms with Gasteiger partial charge in [0.2, 0.25) is 0 Å². The van der Waals surface area contributed by atoms with Crippen molar-refractivity contribution in [2.45, 2.75) is 58.9 Å². The van der Waals surface area contributed by atoms with Gasteiger partial charge in [-0.2, -0.15) is 0 Å². The Morgan fingerprint density at radius 2 is 2.06 bits per heavy atom. The minimum absolute atomic E-state index is 0.555. The van der Waals surface area contributed by atoms with Crippen LogP contribution in [-0.2, 0) is 0 Å². The van der Waals surface area contributed by atoms with Gasteiger partial charge in [-0.25, -0.2) is 9.97 Å². The molecule has 0 aliphatic rings. The fourth-order valence-corrected chi connectivity index (χ4v) is 1.83. The van der Waals surface area contributed by atoms with Gasteiger partial charge in [0, 0.05) is 12.2 Å². The molecule has 0 spiro atoms. The lowest BCUT2D eigenvalue weighted by molar-refractivity contribution is 0.562. The average molecular weight is 221 g/mol. The molecule has 90 valence electrons. The van der Waals surface area contributed by atoms with Crippen LogP contribution in [0.2, 0.25) is 0 Å². The van der Waals surface area contributed by atoms with Crippen LogP contribution < -0.4 is 5.32 Å². The molecular formula is C13H23N3. The highest BCUT2D eigenvalue weighted by molar-refractivity contribution is 5.34. The molecule has 0 bridgehead atoms. The zero-order valence-electron chi connectivity index (χ0n) is 10.7. The smallest absolute Gasteiger partial charge is 0.129 e. The predicted octanol–water partition coefficient (Wildman–Crippen LogP) is 3.56. The molecule has 1 unspecified atom stereocenters. The Morgan fingerprint density at radius 1 is 1.25 bits per heavy atom. The summed E-state index contributed by atoms with van der Waals surface area (Å²) in [5, 5.41) is 3.50. The van der Waals surface area contributed by atoms with E-state index in [2.05, 4.69) is 29.1 Å². The van der Waals surface area contributed by atoms with E-state index in [0.717, 1.165) is 11.6 Å². The van der Waals surface area contributed by atoms with Gasteiger partial charge >= 0.3 is 0 Å². The molecule has 1 heterocycles. The summed E-state index contributed by atoms with van der Waals surface area (Å²) in [6.45, 7) is 6.38. The van der Waals surface area contributed by atoms with Crippen molar-refractivity contribution in [3.63, 3.8) is 0 Å². The molecule has 3 heteroatoms. The van der Waals surface area contributed by atoms with Crippen LogP contribution in [-0.4, -0.2) is 16.0 Å². The molecule has 16 heavy (non-hydrogen) atoms. The van der Waals surface area contributed by atoms with Gasteiger partial charge in [-0.3, -0.25) is 0 Å². The Hall–Kier alpha value is -1.12. The number of rotatable bonds is 7. The number of aromatic nitrogens is 2. The van der Waals surface area contributed by atoms with Gasteiger partial charge in [0.25, 0.3) is 0 Å². The minimum atomic E-state index is 0.555. The van der Waals surface area contributed by atoms with Crippen LogP contribution in [0.15, 0.2) is 12.3 Å². The van der Waals surface area contributed by atoms with Crippen molar-refractivity contribution in [3.05, 3.63) is 18.1 Å². The van der Waals surface area contributed by atoms with Crippen molar-refractivity contribution < 1.29 is 0 Å². The van der Waals surface area contributed by atoms with Crippen molar-refractivity contribution in [2.75, 3.05) is 5.32 Å². The number of hydrogen-bond acceptors (Lipinski definition) is 3. The normalized spacial score (nSPS) is 12.4. The minimum Gasteiger partial charge on any atom is -0.367 e. The van der Waals surface area contributed by atoms with Crippen LogP contribution in [0.25, 0.3) is 0 Å². The first-order valence-electron chi connectivity index (χ1n) is 6.32. The predicted molar refractivity (Wildman–Crippen MR) is 68.6 cm³/mol. The van der Waals surface area contributed by atoms with Gasteiger partial charge in [0.05, 0.1) is 0 Å². The quantitative estimate of drug-likeness (QED) is 0.765. The Morgan fingerprint density at radius 3 is 2.69 bits per heavy atom. The third-order valence-corrected chi connectivity index (χ3v) is 2.67. The molecule has 0 radical (unpaired) electrons. The Labute approximate surface area is 98.7 Å². The monoisotopic (exact) mass is 221 g/mol. The highest BCUT2D eigenvalue weighted by atomic mass is 15.0. The van der Waals surface area contributed by atoms with Gasteiger partial charge in [-0.15, -0.1) is 0 Å². The highest BCUT2D eigenvalue weighted by Gasteiger charge is 2.07. The molecule has 0 amide bonds. The zero-order valence-corrected chi connectivity index (χ0v) is 10.7. The second-order valence-corrected chi connectivity index (χ2v) is 4.26. The van der Waals surface area contributed by atoms with Gasteiger partial charge in [0.1, 0.15) is 11.6 Å². The van der Waals surface area contributed by atoms with Gasteiger partial charge in [-0.05, 0) is 25.8 Å². The second-order valence-electron chi connectivity index (χ2n) is 4.26. The number of anilines is 1. The fraction of sp³-hybridized carbons (Fsp3) is 0.692. The van der Waals surface area contributed by atoms with Crippen LogP contribution in [0.1, 0.15) is 51.8 Å². The lowest BCUT2D eigenvalue weighted by atomic mass is 10.1. The lowest BCUT2D eigenvalue weighted by Gasteiger charge is -2.18. The van der Waals surface area contributed by atoms with Crippen LogP contribution in [0.4, 0.5) is 5.82 Å². The number of unbranched alkanes of at least 4 members (excludes halogenated alkanes) is 1. The first-order valence-corrected chi connectivity index (χ1v) is 6.32. The molecule has 0 saturated carbocycles. The van der Waals surface area contributed by atoms with Gasteiger partial charge in [-0.1, -0.05) is 33.1 Å². The second kappa shape index (κ2) is 7.20. The van der Waals surface area contributed by atoms with Crippen molar-refractivity contribution >= 4 is 5.82 Å². The third kappa shape index (κ3) is 4.60. The SMILES string of the molecule is CCCCC(CCC)Nc1ccnc(C)n1. The van der Waals surface area contributed by atoms with Gasteiger partial charge in [0.15, 0.2) is 0 Å². The third-order valence-electron chi connectivity index (χ3n) is 2.67. The van der Waals surface area contributed by atoms with Crippen LogP contribution in [0.5, 0.6) is 0 Å². The Bertz CT molecular complexity index is 299. The molecule has 3 nitrogen and oxygen atoms in total. The van der Waals surface area contributed by atoms with E-state index >= 15 is 0 Å². The zero-order chi connectivity index (χ0) is 11.8. The molecule has 0 aliphatic heterocycles. The molecule has 0 aliphatic carbocycles. The Kier molecular flexibility index (Phi) is 5.83. The molecule has 1 aromatic rings. The number of nitrogens with zero attached hydrogens (tertiary/aromatic N) is 2. The summed E-state index contributed by atoms with van der Waals surface area (Å²) >= 11 is 0. The summed E-state index contributed by atoms with van der Waals surface area (Å²) in [7, 11) is 0. The molecule has 1 N–H and O–H groups in total. The summed E-state index contributed by atoms with van der Waals surface area (Å²) in [6, 6.07) is 2.50. The van der Waals surface area contributed by atoms with Gasteiger partial charge < -0.3 is 5.32 Å². The standard InChI is InChI=1S/C13H23N3/c1-4-6-8-12(7-5-2)16-13-9-10-14-11(3)15-13/h9-10,12H,4-8H2,1-3H3,(H,14,15,16). The molecular weight excluding hydrogens is 198 g/mol. The van der Waals surface area contributed by atoms with E-state index in [0.29, 0.717) is 6.04 Å². The maximum Gasteiger partial charge on any atom is 0.129 e. The van der Waals surface area contributed by atoms with E-state index in [9.17, 15) is 0 Å². The molecule has 1 atom stereocenters. The van der Waals surface area contributed by atoms with E-state index in [1.54, 1.807) is 0 Å². The first kappa shape index (κ1) is 12.9. The van der Waals surface area contributed by atoms with E-state index < -0.39 is 0 Å². The van der Waals surface area contributed by atoms with E-state index in [1.807, 2.05) is 19.2 Å². The summed E-state index contributed by atoms with van der Waals surface area (Å²) < 4.78 is 0. The van der Waals surface area contributed by atoms with Crippen molar-refractivity contribution in [1.82, 2.24) is 9.97 Å². The molecule has 0 saturated heterocycles. The van der Waals surface area contributed by atoms with E-state index in [1.165, 1.54) is 32.1 Å². The average Bonchev–Trinajstić information content (AvgIpc) is 2.26. The Balaban J connectivity index is 2.52. The largest absolute Gasteiger partial charge is 0.367 e. The maximum absolute atomic E-state index is 4.38. The first-order chi connectivity index (χ1) is 7.76. The number of hydrogen-bond donors (Lipinski definition) is 1. The molecule has 0 fully saturated rings. The van der Waals surface area contributed by atoms with E-state index in [4.69, 9.17) is 0 Å². The summed E-state index contributed by atoms with van der Waals surface area (Å²) in [6.07, 6.45) is 8.00. The molecule has 1 aromatic heterocycles. The topological polar surface area (TPSA) is 37.8 Å². The summed E-state index contributed by atoms with van der Waals surface area (Å²) in [4.78, 5) is 8.49. The lowest BCUT2D eigenvalue weighted by Crippen LogP contribution is -2.20. The molecule has 0 aromatic carbocycles. The highest BCUT2D eigenvalue weighted by Crippen LogP contribution is 2.12. The number of nitrogens with one attached hydrogen (secondary N) is 1. The van der Waals surface area contributed by atoms with Crippen LogP contribution >= 0.6 is 0 Å². The maximum atomic E-state index is 4.38. The summed E-state index contributed by atoms with van der Waals surface area (Å²) in [5.41, 5.74) is 0.